The van der Waals surface area contributed by atoms with Crippen LogP contribution in [0.4, 0.5) is 0 Å². The van der Waals surface area contributed by atoms with E-state index in [1.54, 1.807) is 13.8 Å². The van der Waals surface area contributed by atoms with E-state index in [0.29, 0.717) is 6.04 Å². The van der Waals surface area contributed by atoms with E-state index in [1.165, 1.54) is 0 Å². The van der Waals surface area contributed by atoms with Gasteiger partial charge in [-0.25, -0.2) is 0 Å². The second-order valence-electron chi connectivity index (χ2n) is 5.35. The summed E-state index contributed by atoms with van der Waals surface area (Å²) in [6.07, 6.45) is 1.26. The molecule has 2 N–H and O–H groups in total. The van der Waals surface area contributed by atoms with Crippen LogP contribution >= 0.6 is 0 Å². The monoisotopic (exact) mass is 201 g/mol. The first-order valence-electron chi connectivity index (χ1n) is 5.36. The van der Waals surface area contributed by atoms with E-state index in [-0.39, 0.29) is 6.10 Å². The van der Waals surface area contributed by atoms with Gasteiger partial charge in [0.15, 0.2) is 0 Å². The predicted molar refractivity (Wildman–Crippen MR) is 57.3 cm³/mol. The van der Waals surface area contributed by atoms with Crippen LogP contribution in [0.5, 0.6) is 0 Å². The molecule has 0 radical (unpaired) electrons. The molecule has 0 aliphatic carbocycles. The molecule has 1 aliphatic heterocycles. The SMILES string of the molecule is CC1CC(OC(C)(C)C(C)(C)O)CN1. The molecule has 1 aliphatic rings. The number of rotatable bonds is 3. The van der Waals surface area contributed by atoms with Crippen molar-refractivity contribution in [3.05, 3.63) is 0 Å². The van der Waals surface area contributed by atoms with Gasteiger partial charge in [0, 0.05) is 12.6 Å². The van der Waals surface area contributed by atoms with E-state index in [4.69, 9.17) is 4.74 Å². The van der Waals surface area contributed by atoms with Gasteiger partial charge in [0.1, 0.15) is 0 Å². The van der Waals surface area contributed by atoms with Gasteiger partial charge in [-0.15, -0.1) is 0 Å². The summed E-state index contributed by atoms with van der Waals surface area (Å²) in [5.74, 6) is 0. The summed E-state index contributed by atoms with van der Waals surface area (Å²) in [6, 6.07) is 0.526. The Morgan fingerprint density at radius 3 is 2.21 bits per heavy atom. The molecule has 1 rings (SSSR count). The van der Waals surface area contributed by atoms with Gasteiger partial charge in [-0.05, 0) is 41.0 Å². The van der Waals surface area contributed by atoms with Gasteiger partial charge in [-0.3, -0.25) is 0 Å². The quantitative estimate of drug-likeness (QED) is 0.723. The first kappa shape index (κ1) is 12.0. The Labute approximate surface area is 86.8 Å². The van der Waals surface area contributed by atoms with Gasteiger partial charge in [0.2, 0.25) is 0 Å². The third kappa shape index (κ3) is 2.69. The van der Waals surface area contributed by atoms with E-state index in [0.717, 1.165) is 13.0 Å². The Balaban J connectivity index is 2.51. The summed E-state index contributed by atoms with van der Waals surface area (Å²) in [5.41, 5.74) is -1.30. The molecule has 2 atom stereocenters. The molecule has 0 amide bonds. The smallest absolute Gasteiger partial charge is 0.0911 e. The Bertz CT molecular complexity index is 196. The first-order chi connectivity index (χ1) is 6.22. The molecular formula is C11H23NO2. The fourth-order valence-corrected chi connectivity index (χ4v) is 1.54. The second kappa shape index (κ2) is 3.80. The van der Waals surface area contributed by atoms with Gasteiger partial charge in [0.05, 0.1) is 17.3 Å². The molecule has 3 nitrogen and oxygen atoms in total. The van der Waals surface area contributed by atoms with Crippen LogP contribution in [0, 0.1) is 0 Å². The number of hydrogen-bond donors (Lipinski definition) is 2. The van der Waals surface area contributed by atoms with E-state index >= 15 is 0 Å². The van der Waals surface area contributed by atoms with Crippen molar-refractivity contribution in [1.82, 2.24) is 5.32 Å². The van der Waals surface area contributed by atoms with Gasteiger partial charge in [0.25, 0.3) is 0 Å². The molecule has 0 aromatic carbocycles. The van der Waals surface area contributed by atoms with Crippen LogP contribution in [0.3, 0.4) is 0 Å². The summed E-state index contributed by atoms with van der Waals surface area (Å²) < 4.78 is 5.92. The molecule has 0 bridgehead atoms. The summed E-state index contributed by atoms with van der Waals surface area (Å²) in [4.78, 5) is 0. The number of aliphatic hydroxyl groups is 1. The Morgan fingerprint density at radius 1 is 1.29 bits per heavy atom. The third-order valence-electron chi connectivity index (χ3n) is 3.25. The third-order valence-corrected chi connectivity index (χ3v) is 3.25. The molecule has 84 valence electrons. The van der Waals surface area contributed by atoms with Gasteiger partial charge in [-0.1, -0.05) is 0 Å². The lowest BCUT2D eigenvalue weighted by Crippen LogP contribution is -2.49. The van der Waals surface area contributed by atoms with Crippen molar-refractivity contribution in [2.24, 2.45) is 0 Å². The molecule has 0 aromatic heterocycles. The Hall–Kier alpha value is -0.120. The standard InChI is InChI=1S/C11H23NO2/c1-8-6-9(7-12-8)14-11(4,5)10(2,3)13/h8-9,12-13H,6-7H2,1-5H3. The highest BCUT2D eigenvalue weighted by Gasteiger charge is 2.39. The van der Waals surface area contributed by atoms with Gasteiger partial charge < -0.3 is 15.2 Å². The minimum Gasteiger partial charge on any atom is -0.387 e. The van der Waals surface area contributed by atoms with Gasteiger partial charge in [-0.2, -0.15) is 0 Å². The average Bonchev–Trinajstić information content (AvgIpc) is 2.31. The maximum atomic E-state index is 9.93. The number of nitrogens with one attached hydrogen (secondary N) is 1. The fraction of sp³-hybridized carbons (Fsp3) is 1.00. The molecule has 2 unspecified atom stereocenters. The second-order valence-corrected chi connectivity index (χ2v) is 5.35. The van der Waals surface area contributed by atoms with E-state index < -0.39 is 11.2 Å². The van der Waals surface area contributed by atoms with E-state index in [9.17, 15) is 5.11 Å². The van der Waals surface area contributed by atoms with Crippen molar-refractivity contribution in [2.75, 3.05) is 6.54 Å². The molecule has 1 fully saturated rings. The Morgan fingerprint density at radius 2 is 1.86 bits per heavy atom. The van der Waals surface area contributed by atoms with Gasteiger partial charge >= 0.3 is 0 Å². The van der Waals surface area contributed by atoms with Crippen molar-refractivity contribution in [1.29, 1.82) is 0 Å². The van der Waals surface area contributed by atoms with E-state index in [2.05, 4.69) is 12.2 Å². The van der Waals surface area contributed by atoms with Crippen molar-refractivity contribution < 1.29 is 9.84 Å². The lowest BCUT2D eigenvalue weighted by atomic mass is 9.89. The minimum absolute atomic E-state index is 0.228. The largest absolute Gasteiger partial charge is 0.387 e. The lowest BCUT2D eigenvalue weighted by molar-refractivity contribution is -0.169. The van der Waals surface area contributed by atoms with E-state index in [1.807, 2.05) is 13.8 Å². The van der Waals surface area contributed by atoms with Crippen LogP contribution < -0.4 is 5.32 Å². The maximum Gasteiger partial charge on any atom is 0.0911 e. The van der Waals surface area contributed by atoms with Crippen LogP contribution in [0.25, 0.3) is 0 Å². The summed E-state index contributed by atoms with van der Waals surface area (Å²) in [5, 5.41) is 13.3. The normalized spacial score (nSPS) is 29.6. The molecule has 1 saturated heterocycles. The summed E-state index contributed by atoms with van der Waals surface area (Å²) in [7, 11) is 0. The van der Waals surface area contributed by atoms with Crippen molar-refractivity contribution >= 4 is 0 Å². The van der Waals surface area contributed by atoms with Crippen molar-refractivity contribution in [2.45, 2.75) is 64.4 Å². The van der Waals surface area contributed by atoms with Crippen LogP contribution in [0.2, 0.25) is 0 Å². The molecule has 0 saturated carbocycles. The summed E-state index contributed by atoms with van der Waals surface area (Å²) in [6.45, 7) is 10.5. The van der Waals surface area contributed by atoms with Crippen molar-refractivity contribution in [3.63, 3.8) is 0 Å². The highest BCUT2D eigenvalue weighted by Crippen LogP contribution is 2.28. The van der Waals surface area contributed by atoms with Crippen molar-refractivity contribution in [3.8, 4) is 0 Å². The maximum absolute atomic E-state index is 9.93. The molecule has 3 heteroatoms. The minimum atomic E-state index is -0.807. The van der Waals surface area contributed by atoms with Crippen LogP contribution in [-0.2, 0) is 4.74 Å². The summed E-state index contributed by atoms with van der Waals surface area (Å²) >= 11 is 0. The number of ether oxygens (including phenoxy) is 1. The lowest BCUT2D eigenvalue weighted by Gasteiger charge is -2.39. The van der Waals surface area contributed by atoms with Crippen LogP contribution in [-0.4, -0.2) is 35.0 Å². The molecule has 1 heterocycles. The Kier molecular flexibility index (Phi) is 3.24. The van der Waals surface area contributed by atoms with Crippen LogP contribution in [0.15, 0.2) is 0 Å². The predicted octanol–water partition coefficient (Wildman–Crippen LogP) is 1.30. The average molecular weight is 201 g/mol. The topological polar surface area (TPSA) is 41.5 Å². The van der Waals surface area contributed by atoms with Crippen LogP contribution in [0.1, 0.15) is 41.0 Å². The zero-order valence-electron chi connectivity index (χ0n) is 9.92. The number of hydrogen-bond acceptors (Lipinski definition) is 3. The zero-order valence-corrected chi connectivity index (χ0v) is 9.92. The first-order valence-corrected chi connectivity index (χ1v) is 5.36. The molecular weight excluding hydrogens is 178 g/mol. The fourth-order valence-electron chi connectivity index (χ4n) is 1.54. The zero-order chi connectivity index (χ0) is 11.0. The molecule has 0 aromatic rings. The molecule has 0 spiro atoms. The highest BCUT2D eigenvalue weighted by atomic mass is 16.5. The molecule has 14 heavy (non-hydrogen) atoms. The highest BCUT2D eigenvalue weighted by molar-refractivity contribution is 4.90.